The minimum atomic E-state index is -0.490. The fourth-order valence-electron chi connectivity index (χ4n) is 0.810. The molecule has 0 radical (unpaired) electrons. The maximum absolute atomic E-state index is 11.2. The zero-order valence-corrected chi connectivity index (χ0v) is 8.78. The molecule has 0 saturated heterocycles. The monoisotopic (exact) mass is 196 g/mol. The molecule has 0 aliphatic rings. The number of hydrogen-bond acceptors (Lipinski definition) is 4. The van der Waals surface area contributed by atoms with Gasteiger partial charge in [0.15, 0.2) is 0 Å². The highest BCUT2D eigenvalue weighted by Gasteiger charge is 2.17. The fraction of sp³-hybridized carbons (Fsp3) is 0.600. The molecule has 0 aliphatic heterocycles. The first-order chi connectivity index (χ1) is 6.35. The van der Waals surface area contributed by atoms with Crippen molar-refractivity contribution in [3.8, 4) is 6.07 Å². The normalized spacial score (nSPS) is 13.6. The van der Waals surface area contributed by atoms with Crippen LogP contribution in [0.15, 0.2) is 12.2 Å². The van der Waals surface area contributed by atoms with Crippen LogP contribution in [0.5, 0.6) is 0 Å². The van der Waals surface area contributed by atoms with Crippen molar-refractivity contribution in [2.24, 2.45) is 5.73 Å². The molecule has 0 saturated carbocycles. The average Bonchev–Trinajstić information content (AvgIpc) is 1.96. The summed E-state index contributed by atoms with van der Waals surface area (Å²) in [6.45, 7) is 5.38. The third kappa shape index (κ3) is 7.32. The number of nitrogens with zero attached hydrogens (tertiary/aromatic N) is 1. The van der Waals surface area contributed by atoms with Crippen LogP contribution in [-0.4, -0.2) is 17.6 Å². The van der Waals surface area contributed by atoms with Crippen molar-refractivity contribution in [3.05, 3.63) is 12.2 Å². The number of esters is 1. The maximum atomic E-state index is 11.2. The smallest absolute Gasteiger partial charge is 0.308 e. The Labute approximate surface area is 84.3 Å². The summed E-state index contributed by atoms with van der Waals surface area (Å²) in [5.41, 5.74) is 5.05. The molecule has 14 heavy (non-hydrogen) atoms. The number of ether oxygens (including phenoxy) is 1. The van der Waals surface area contributed by atoms with Gasteiger partial charge in [0.05, 0.1) is 12.5 Å². The molecule has 0 bridgehead atoms. The third-order valence-corrected chi connectivity index (χ3v) is 1.24. The van der Waals surface area contributed by atoms with E-state index in [1.165, 1.54) is 12.2 Å². The Morgan fingerprint density at radius 3 is 2.64 bits per heavy atom. The van der Waals surface area contributed by atoms with Gasteiger partial charge in [-0.2, -0.15) is 5.26 Å². The van der Waals surface area contributed by atoms with Crippen molar-refractivity contribution in [1.82, 2.24) is 0 Å². The van der Waals surface area contributed by atoms with Gasteiger partial charge in [0.1, 0.15) is 5.60 Å². The number of rotatable bonds is 3. The van der Waals surface area contributed by atoms with E-state index in [1.807, 2.05) is 6.07 Å². The van der Waals surface area contributed by atoms with E-state index in [-0.39, 0.29) is 12.4 Å². The molecule has 0 fully saturated rings. The highest BCUT2D eigenvalue weighted by Crippen LogP contribution is 2.08. The summed E-state index contributed by atoms with van der Waals surface area (Å²) in [7, 11) is 0. The number of carbonyl (C=O) groups excluding carboxylic acids is 1. The molecule has 0 rings (SSSR count). The van der Waals surface area contributed by atoms with Gasteiger partial charge in [0.25, 0.3) is 0 Å². The van der Waals surface area contributed by atoms with Gasteiger partial charge in [-0.25, -0.2) is 0 Å². The highest BCUT2D eigenvalue weighted by atomic mass is 16.6. The van der Waals surface area contributed by atoms with Gasteiger partial charge in [0, 0.05) is 12.1 Å². The van der Waals surface area contributed by atoms with Gasteiger partial charge in [-0.15, -0.1) is 0 Å². The quantitative estimate of drug-likeness (QED) is 0.542. The van der Waals surface area contributed by atoms with Crippen molar-refractivity contribution < 1.29 is 9.53 Å². The first-order valence-corrected chi connectivity index (χ1v) is 4.39. The van der Waals surface area contributed by atoms with Crippen LogP contribution in [0.4, 0.5) is 0 Å². The van der Waals surface area contributed by atoms with Gasteiger partial charge in [0.2, 0.25) is 0 Å². The molecule has 0 aromatic carbocycles. The molecule has 0 aliphatic carbocycles. The molecular formula is C10H16N2O2. The van der Waals surface area contributed by atoms with Crippen LogP contribution < -0.4 is 5.73 Å². The molecule has 4 nitrogen and oxygen atoms in total. The second kappa shape index (κ2) is 5.40. The lowest BCUT2D eigenvalue weighted by atomic mass is 10.1. The maximum Gasteiger partial charge on any atom is 0.308 e. The van der Waals surface area contributed by atoms with E-state index in [9.17, 15) is 4.79 Å². The summed E-state index contributed by atoms with van der Waals surface area (Å²) < 4.78 is 5.05. The van der Waals surface area contributed by atoms with Crippen LogP contribution in [0.25, 0.3) is 0 Å². The lowest BCUT2D eigenvalue weighted by Crippen LogP contribution is -2.29. The van der Waals surface area contributed by atoms with Crippen molar-refractivity contribution in [2.75, 3.05) is 0 Å². The van der Waals surface area contributed by atoms with E-state index in [0.29, 0.717) is 0 Å². The molecule has 0 heterocycles. The van der Waals surface area contributed by atoms with Crippen LogP contribution in [0, 0.1) is 11.3 Å². The summed E-state index contributed by atoms with van der Waals surface area (Å²) >= 11 is 0. The first kappa shape index (κ1) is 12.7. The zero-order valence-electron chi connectivity index (χ0n) is 8.78. The molecule has 0 amide bonds. The second-order valence-corrected chi connectivity index (χ2v) is 3.94. The number of nitrogens with two attached hydrogens (primary N) is 1. The summed E-state index contributed by atoms with van der Waals surface area (Å²) in [6.07, 6.45) is 2.83. The lowest BCUT2D eigenvalue weighted by Gasteiger charge is -2.20. The predicted molar refractivity (Wildman–Crippen MR) is 53.2 cm³/mol. The van der Waals surface area contributed by atoms with Crippen molar-refractivity contribution in [3.63, 3.8) is 0 Å². The summed E-state index contributed by atoms with van der Waals surface area (Å²) in [4.78, 5) is 11.2. The standard InChI is InChI=1S/C10H16N2O2/c1-10(2,3)14-9(13)7-8(12)5-4-6-11/h4-5,8H,7,12H2,1-3H3/t8-/m1/s1. The number of carbonyl (C=O) groups is 1. The Morgan fingerprint density at radius 2 is 2.21 bits per heavy atom. The van der Waals surface area contributed by atoms with E-state index in [4.69, 9.17) is 15.7 Å². The average molecular weight is 196 g/mol. The topological polar surface area (TPSA) is 76.1 Å². The van der Waals surface area contributed by atoms with Crippen molar-refractivity contribution >= 4 is 5.97 Å². The van der Waals surface area contributed by atoms with Crippen LogP contribution in [0.2, 0.25) is 0 Å². The minimum absolute atomic E-state index is 0.0927. The molecular weight excluding hydrogens is 180 g/mol. The summed E-state index contributed by atoms with van der Waals surface area (Å²) in [6, 6.07) is 1.35. The van der Waals surface area contributed by atoms with Crippen LogP contribution in [0.1, 0.15) is 27.2 Å². The van der Waals surface area contributed by atoms with E-state index in [1.54, 1.807) is 20.8 Å². The molecule has 2 N–H and O–H groups in total. The van der Waals surface area contributed by atoms with Crippen molar-refractivity contribution in [2.45, 2.75) is 38.8 Å². The summed E-state index contributed by atoms with van der Waals surface area (Å²) in [5.74, 6) is -0.354. The highest BCUT2D eigenvalue weighted by molar-refractivity contribution is 5.70. The molecule has 78 valence electrons. The van der Waals surface area contributed by atoms with Crippen LogP contribution >= 0.6 is 0 Å². The van der Waals surface area contributed by atoms with Gasteiger partial charge in [-0.3, -0.25) is 4.79 Å². The number of nitriles is 1. The Hall–Kier alpha value is -1.34. The minimum Gasteiger partial charge on any atom is -0.460 e. The van der Waals surface area contributed by atoms with Gasteiger partial charge in [-0.1, -0.05) is 6.08 Å². The Bertz CT molecular complexity index is 258. The van der Waals surface area contributed by atoms with E-state index in [2.05, 4.69) is 0 Å². The Kier molecular flexibility index (Phi) is 4.89. The Balaban J connectivity index is 3.96. The Morgan fingerprint density at radius 1 is 1.64 bits per heavy atom. The molecule has 1 atom stereocenters. The summed E-state index contributed by atoms with van der Waals surface area (Å²) in [5, 5.41) is 8.23. The van der Waals surface area contributed by atoms with E-state index >= 15 is 0 Å². The van der Waals surface area contributed by atoms with Gasteiger partial charge in [-0.05, 0) is 20.8 Å². The van der Waals surface area contributed by atoms with E-state index < -0.39 is 11.6 Å². The molecule has 0 aromatic rings. The predicted octanol–water partition coefficient (Wildman–Crippen LogP) is 1.13. The van der Waals surface area contributed by atoms with Gasteiger partial charge < -0.3 is 10.5 Å². The van der Waals surface area contributed by atoms with Crippen LogP contribution in [-0.2, 0) is 9.53 Å². The largest absolute Gasteiger partial charge is 0.460 e. The SMILES string of the molecule is CC(C)(C)OC(=O)C[C@H](N)C=CC#N. The fourth-order valence-corrected chi connectivity index (χ4v) is 0.810. The number of allylic oxidation sites excluding steroid dienone is 1. The molecule has 0 aromatic heterocycles. The molecule has 0 unspecified atom stereocenters. The second-order valence-electron chi connectivity index (χ2n) is 3.94. The molecule has 4 heteroatoms. The number of hydrogen-bond donors (Lipinski definition) is 1. The zero-order chi connectivity index (χ0) is 11.2. The van der Waals surface area contributed by atoms with Crippen molar-refractivity contribution in [1.29, 1.82) is 5.26 Å². The first-order valence-electron chi connectivity index (χ1n) is 4.39. The third-order valence-electron chi connectivity index (χ3n) is 1.24. The van der Waals surface area contributed by atoms with Gasteiger partial charge >= 0.3 is 5.97 Å². The molecule has 0 spiro atoms. The van der Waals surface area contributed by atoms with E-state index in [0.717, 1.165) is 0 Å². The lowest BCUT2D eigenvalue weighted by molar-refractivity contribution is -0.154. The van der Waals surface area contributed by atoms with Crippen LogP contribution in [0.3, 0.4) is 0 Å².